The molecule has 0 aromatic rings. The first kappa shape index (κ1) is 9.17. The summed E-state index contributed by atoms with van der Waals surface area (Å²) < 4.78 is 0. The minimum absolute atomic E-state index is 0.169. The van der Waals surface area contributed by atoms with Crippen molar-refractivity contribution in [3.63, 3.8) is 0 Å². The van der Waals surface area contributed by atoms with Gasteiger partial charge < -0.3 is 0 Å². The minimum atomic E-state index is -0.359. The van der Waals surface area contributed by atoms with E-state index in [1.165, 1.54) is 7.11 Å². The third-order valence-electron chi connectivity index (χ3n) is 1.09. The summed E-state index contributed by atoms with van der Waals surface area (Å²) in [6.45, 7) is 5.25. The van der Waals surface area contributed by atoms with Gasteiger partial charge in [0.25, 0.3) is 0 Å². The summed E-state index contributed by atoms with van der Waals surface area (Å²) in [7, 11) is 1.30. The number of rotatable bonds is 4. The molecule has 0 aliphatic rings. The van der Waals surface area contributed by atoms with E-state index in [2.05, 4.69) is 16.4 Å². The van der Waals surface area contributed by atoms with Gasteiger partial charge in [-0.05, 0) is 6.42 Å². The molecule has 0 fully saturated rings. The second kappa shape index (κ2) is 4.99. The standard InChI is InChI=1S/C7H12O3/c1-4-5-6(2)7(8)10-9-3/h4,6H,1,5H2,2-3H3. The van der Waals surface area contributed by atoms with E-state index in [9.17, 15) is 4.79 Å². The van der Waals surface area contributed by atoms with E-state index in [4.69, 9.17) is 0 Å². The molecule has 10 heavy (non-hydrogen) atoms. The van der Waals surface area contributed by atoms with E-state index in [0.717, 1.165) is 0 Å². The Labute approximate surface area is 60.6 Å². The molecule has 0 aromatic heterocycles. The van der Waals surface area contributed by atoms with Gasteiger partial charge in [0.05, 0.1) is 13.0 Å². The Balaban J connectivity index is 3.58. The fourth-order valence-electron chi connectivity index (χ4n) is 0.510. The fourth-order valence-corrected chi connectivity index (χ4v) is 0.510. The summed E-state index contributed by atoms with van der Waals surface area (Å²) in [5.41, 5.74) is 0. The molecule has 0 radical (unpaired) electrons. The van der Waals surface area contributed by atoms with Crippen LogP contribution in [0.1, 0.15) is 13.3 Å². The molecular weight excluding hydrogens is 132 g/mol. The molecule has 0 bridgehead atoms. The van der Waals surface area contributed by atoms with Crippen LogP contribution in [0.4, 0.5) is 0 Å². The molecule has 0 amide bonds. The van der Waals surface area contributed by atoms with Crippen LogP contribution in [0.3, 0.4) is 0 Å². The molecule has 1 atom stereocenters. The predicted molar refractivity (Wildman–Crippen MR) is 37.1 cm³/mol. The average molecular weight is 144 g/mol. The third-order valence-corrected chi connectivity index (χ3v) is 1.09. The van der Waals surface area contributed by atoms with Crippen molar-refractivity contribution in [3.8, 4) is 0 Å². The molecule has 0 aliphatic carbocycles. The zero-order valence-electron chi connectivity index (χ0n) is 6.29. The first-order valence-electron chi connectivity index (χ1n) is 3.07. The van der Waals surface area contributed by atoms with E-state index in [1.54, 1.807) is 13.0 Å². The van der Waals surface area contributed by atoms with Crippen LogP contribution in [0.5, 0.6) is 0 Å². The van der Waals surface area contributed by atoms with Gasteiger partial charge in [0, 0.05) is 0 Å². The smallest absolute Gasteiger partial charge is 0.298 e. The quantitative estimate of drug-likeness (QED) is 0.339. The molecule has 0 spiro atoms. The summed E-state index contributed by atoms with van der Waals surface area (Å²) in [4.78, 5) is 19.2. The Bertz CT molecular complexity index is 120. The van der Waals surface area contributed by atoms with Gasteiger partial charge in [-0.2, -0.15) is 4.89 Å². The van der Waals surface area contributed by atoms with E-state index in [-0.39, 0.29) is 11.9 Å². The molecule has 0 aromatic carbocycles. The Morgan fingerprint density at radius 2 is 2.40 bits per heavy atom. The first-order valence-corrected chi connectivity index (χ1v) is 3.07. The van der Waals surface area contributed by atoms with Crippen LogP contribution in [0.2, 0.25) is 0 Å². The predicted octanol–water partition coefficient (Wildman–Crippen LogP) is 1.30. The van der Waals surface area contributed by atoms with Crippen LogP contribution in [0.15, 0.2) is 12.7 Å². The number of hydrogen-bond acceptors (Lipinski definition) is 3. The maximum absolute atomic E-state index is 10.7. The lowest BCUT2D eigenvalue weighted by molar-refractivity contribution is -0.258. The van der Waals surface area contributed by atoms with Gasteiger partial charge in [0.1, 0.15) is 0 Å². The zero-order valence-corrected chi connectivity index (χ0v) is 6.29. The lowest BCUT2D eigenvalue weighted by Gasteiger charge is -2.04. The van der Waals surface area contributed by atoms with Crippen LogP contribution in [-0.4, -0.2) is 13.1 Å². The highest BCUT2D eigenvalue weighted by Gasteiger charge is 2.12. The monoisotopic (exact) mass is 144 g/mol. The van der Waals surface area contributed by atoms with Crippen molar-refractivity contribution in [1.82, 2.24) is 0 Å². The van der Waals surface area contributed by atoms with Gasteiger partial charge in [-0.15, -0.1) is 6.58 Å². The van der Waals surface area contributed by atoms with Gasteiger partial charge in [0.2, 0.25) is 0 Å². The summed E-state index contributed by atoms with van der Waals surface area (Å²) in [5.74, 6) is -0.528. The van der Waals surface area contributed by atoms with Crippen LogP contribution < -0.4 is 0 Å². The summed E-state index contributed by atoms with van der Waals surface area (Å²) >= 11 is 0. The Hall–Kier alpha value is -0.830. The molecule has 3 nitrogen and oxygen atoms in total. The van der Waals surface area contributed by atoms with E-state index in [1.807, 2.05) is 0 Å². The fraction of sp³-hybridized carbons (Fsp3) is 0.571. The number of carbonyl (C=O) groups is 1. The summed E-state index contributed by atoms with van der Waals surface area (Å²) in [6.07, 6.45) is 2.28. The topological polar surface area (TPSA) is 35.5 Å². The minimum Gasteiger partial charge on any atom is -0.298 e. The van der Waals surface area contributed by atoms with Crippen LogP contribution in [0, 0.1) is 5.92 Å². The van der Waals surface area contributed by atoms with Crippen LogP contribution >= 0.6 is 0 Å². The van der Waals surface area contributed by atoms with E-state index >= 15 is 0 Å². The zero-order chi connectivity index (χ0) is 7.98. The third kappa shape index (κ3) is 3.25. The molecular formula is C7H12O3. The number of allylic oxidation sites excluding steroid dienone is 1. The molecule has 1 unspecified atom stereocenters. The molecule has 3 heteroatoms. The van der Waals surface area contributed by atoms with Crippen molar-refractivity contribution in [2.45, 2.75) is 13.3 Å². The molecule has 0 rings (SSSR count). The van der Waals surface area contributed by atoms with E-state index in [0.29, 0.717) is 6.42 Å². The molecule has 0 aliphatic heterocycles. The van der Waals surface area contributed by atoms with Crippen molar-refractivity contribution in [3.05, 3.63) is 12.7 Å². The lowest BCUT2D eigenvalue weighted by atomic mass is 10.1. The first-order chi connectivity index (χ1) is 4.72. The molecule has 0 heterocycles. The van der Waals surface area contributed by atoms with Gasteiger partial charge in [-0.1, -0.05) is 13.0 Å². The Morgan fingerprint density at radius 1 is 1.80 bits per heavy atom. The highest BCUT2D eigenvalue weighted by atomic mass is 17.2. The maximum atomic E-state index is 10.7. The van der Waals surface area contributed by atoms with Crippen molar-refractivity contribution in [1.29, 1.82) is 0 Å². The lowest BCUT2D eigenvalue weighted by Crippen LogP contribution is -2.13. The SMILES string of the molecule is C=CCC(C)C(=O)OOC. The maximum Gasteiger partial charge on any atom is 0.345 e. The molecule has 58 valence electrons. The second-order valence-corrected chi connectivity index (χ2v) is 1.99. The van der Waals surface area contributed by atoms with Gasteiger partial charge in [0.15, 0.2) is 0 Å². The van der Waals surface area contributed by atoms with Crippen LogP contribution in [0.25, 0.3) is 0 Å². The highest BCUT2D eigenvalue weighted by molar-refractivity contribution is 5.71. The van der Waals surface area contributed by atoms with Crippen LogP contribution in [-0.2, 0) is 14.6 Å². The van der Waals surface area contributed by atoms with Crippen molar-refractivity contribution in [2.24, 2.45) is 5.92 Å². The van der Waals surface area contributed by atoms with Gasteiger partial charge in [-0.3, -0.25) is 4.89 Å². The van der Waals surface area contributed by atoms with Gasteiger partial charge in [-0.25, -0.2) is 4.79 Å². The van der Waals surface area contributed by atoms with Gasteiger partial charge >= 0.3 is 5.97 Å². The summed E-state index contributed by atoms with van der Waals surface area (Å²) in [5, 5.41) is 0. The van der Waals surface area contributed by atoms with Crippen molar-refractivity contribution < 1.29 is 14.6 Å². The summed E-state index contributed by atoms with van der Waals surface area (Å²) in [6, 6.07) is 0. The number of hydrogen-bond donors (Lipinski definition) is 0. The average Bonchev–Trinajstić information content (AvgIpc) is 1.89. The Morgan fingerprint density at radius 3 is 2.80 bits per heavy atom. The highest BCUT2D eigenvalue weighted by Crippen LogP contribution is 2.03. The number of carbonyl (C=O) groups excluding carboxylic acids is 1. The normalized spacial score (nSPS) is 12.2. The second-order valence-electron chi connectivity index (χ2n) is 1.99. The van der Waals surface area contributed by atoms with Crippen molar-refractivity contribution >= 4 is 5.97 Å². The van der Waals surface area contributed by atoms with Crippen molar-refractivity contribution in [2.75, 3.05) is 7.11 Å². The largest absolute Gasteiger partial charge is 0.345 e. The molecule has 0 saturated heterocycles. The molecule has 0 N–H and O–H groups in total. The van der Waals surface area contributed by atoms with E-state index < -0.39 is 0 Å². The Kier molecular flexibility index (Phi) is 4.58. The molecule has 0 saturated carbocycles.